The van der Waals surface area contributed by atoms with Crippen molar-refractivity contribution in [2.75, 3.05) is 6.61 Å². The number of benzene rings is 2. The average Bonchev–Trinajstić information content (AvgIpc) is 3.06. The second kappa shape index (κ2) is 7.48. The smallest absolute Gasteiger partial charge is 0.358 e. The minimum Gasteiger partial charge on any atom is -0.461 e. The lowest BCUT2D eigenvalue weighted by Crippen LogP contribution is -2.09. The lowest BCUT2D eigenvalue weighted by Gasteiger charge is -2.12. The highest BCUT2D eigenvalue weighted by Gasteiger charge is 2.27. The predicted octanol–water partition coefficient (Wildman–Crippen LogP) is 3.96. The second-order valence-electron chi connectivity index (χ2n) is 6.23. The Bertz CT molecular complexity index is 1170. The lowest BCUT2D eigenvalue weighted by atomic mass is 10.00. The number of esters is 1. The summed E-state index contributed by atoms with van der Waals surface area (Å²) in [6.07, 6.45) is 1.50. The fourth-order valence-corrected chi connectivity index (χ4v) is 3.49. The van der Waals surface area contributed by atoms with E-state index in [0.29, 0.717) is 33.2 Å². The SMILES string of the molecule is CCOC(=O)c1ncn2c1CN=C(c1ccccc1Cl)c1cc([N+](=O)[O-])ccc1-2. The normalized spacial score (nSPS) is 12.4. The summed E-state index contributed by atoms with van der Waals surface area (Å²) < 4.78 is 6.80. The summed E-state index contributed by atoms with van der Waals surface area (Å²) in [6.45, 7) is 2.08. The number of nitro groups is 1. The summed E-state index contributed by atoms with van der Waals surface area (Å²) >= 11 is 6.38. The fraction of sp³-hybridized carbons (Fsp3) is 0.150. The third-order valence-electron chi connectivity index (χ3n) is 4.56. The fourth-order valence-electron chi connectivity index (χ4n) is 3.26. The molecule has 4 rings (SSSR count). The molecule has 0 unspecified atom stereocenters. The first kappa shape index (κ1) is 18.8. The van der Waals surface area contributed by atoms with Crippen LogP contribution in [0.5, 0.6) is 0 Å². The zero-order chi connectivity index (χ0) is 20.5. The molecule has 0 saturated heterocycles. The molecule has 3 aromatic rings. The molecular formula is C20H15ClN4O4. The van der Waals surface area contributed by atoms with E-state index in [4.69, 9.17) is 16.3 Å². The van der Waals surface area contributed by atoms with Gasteiger partial charge in [0.05, 0.1) is 35.2 Å². The van der Waals surface area contributed by atoms with Crippen molar-refractivity contribution in [2.45, 2.75) is 13.5 Å². The number of nitro benzene ring substituents is 1. The van der Waals surface area contributed by atoms with E-state index in [1.807, 2.05) is 6.07 Å². The van der Waals surface area contributed by atoms with Crippen LogP contribution in [-0.2, 0) is 11.3 Å². The van der Waals surface area contributed by atoms with Crippen LogP contribution in [0.15, 0.2) is 53.8 Å². The Morgan fingerprint density at radius 1 is 1.28 bits per heavy atom. The number of rotatable bonds is 4. The molecule has 0 atom stereocenters. The van der Waals surface area contributed by atoms with Gasteiger partial charge in [0.1, 0.15) is 6.33 Å². The van der Waals surface area contributed by atoms with E-state index in [9.17, 15) is 14.9 Å². The average molecular weight is 411 g/mol. The number of hydrogen-bond donors (Lipinski definition) is 0. The number of non-ortho nitro benzene ring substituents is 1. The van der Waals surface area contributed by atoms with Gasteiger partial charge in [0.2, 0.25) is 0 Å². The minimum atomic E-state index is -0.541. The Hall–Kier alpha value is -3.52. The van der Waals surface area contributed by atoms with Crippen molar-refractivity contribution >= 4 is 29.0 Å². The van der Waals surface area contributed by atoms with E-state index in [0.717, 1.165) is 0 Å². The molecule has 1 aliphatic rings. The molecule has 0 N–H and O–H groups in total. The molecule has 0 fully saturated rings. The van der Waals surface area contributed by atoms with Crippen LogP contribution < -0.4 is 0 Å². The molecule has 1 aromatic heterocycles. The summed E-state index contributed by atoms with van der Waals surface area (Å²) in [5, 5.41) is 11.8. The summed E-state index contributed by atoms with van der Waals surface area (Å²) in [4.78, 5) is 32.0. The minimum absolute atomic E-state index is 0.0716. The van der Waals surface area contributed by atoms with Crippen molar-refractivity contribution in [3.8, 4) is 5.69 Å². The Kier molecular flexibility index (Phi) is 4.85. The van der Waals surface area contributed by atoms with Crippen molar-refractivity contribution in [3.63, 3.8) is 0 Å². The number of fused-ring (bicyclic) bond motifs is 3. The van der Waals surface area contributed by atoms with Gasteiger partial charge < -0.3 is 4.74 Å². The molecule has 9 heteroatoms. The van der Waals surface area contributed by atoms with Gasteiger partial charge in [-0.05, 0) is 19.1 Å². The number of aliphatic imine (C=N–C) groups is 1. The van der Waals surface area contributed by atoms with E-state index in [1.165, 1.54) is 18.5 Å². The third kappa shape index (κ3) is 3.27. The van der Waals surface area contributed by atoms with Gasteiger partial charge in [-0.2, -0.15) is 0 Å². The molecule has 1 aliphatic heterocycles. The molecule has 0 amide bonds. The zero-order valence-electron chi connectivity index (χ0n) is 15.3. The molecular weight excluding hydrogens is 396 g/mol. The molecule has 0 bridgehead atoms. The highest BCUT2D eigenvalue weighted by Crippen LogP contribution is 2.31. The van der Waals surface area contributed by atoms with E-state index in [-0.39, 0.29) is 24.5 Å². The van der Waals surface area contributed by atoms with Gasteiger partial charge in [0.25, 0.3) is 5.69 Å². The topological polar surface area (TPSA) is 99.6 Å². The summed E-state index contributed by atoms with van der Waals surface area (Å²) in [7, 11) is 0. The molecule has 0 radical (unpaired) electrons. The molecule has 2 aromatic carbocycles. The van der Waals surface area contributed by atoms with Crippen LogP contribution in [0.4, 0.5) is 5.69 Å². The standard InChI is InChI=1S/C20H15ClN4O4/c1-2-29-20(26)19-17-10-22-18(13-5-3-4-6-15(13)21)14-9-12(25(27)28)7-8-16(14)24(17)11-23-19/h3-9,11H,2,10H2,1H3. The van der Waals surface area contributed by atoms with E-state index in [1.54, 1.807) is 35.8 Å². The van der Waals surface area contributed by atoms with Crippen molar-refractivity contribution in [3.05, 3.63) is 86.4 Å². The largest absolute Gasteiger partial charge is 0.461 e. The first-order valence-electron chi connectivity index (χ1n) is 8.83. The zero-order valence-corrected chi connectivity index (χ0v) is 16.1. The maximum Gasteiger partial charge on any atom is 0.358 e. The summed E-state index contributed by atoms with van der Waals surface area (Å²) in [5.74, 6) is -0.541. The van der Waals surface area contributed by atoms with Crippen LogP contribution in [0.2, 0.25) is 5.02 Å². The van der Waals surface area contributed by atoms with Crippen LogP contribution in [0, 0.1) is 10.1 Å². The highest BCUT2D eigenvalue weighted by molar-refractivity contribution is 6.35. The van der Waals surface area contributed by atoms with Crippen LogP contribution in [0.1, 0.15) is 34.2 Å². The van der Waals surface area contributed by atoms with Gasteiger partial charge in [-0.1, -0.05) is 29.8 Å². The molecule has 8 nitrogen and oxygen atoms in total. The van der Waals surface area contributed by atoms with Gasteiger partial charge in [0.15, 0.2) is 5.69 Å². The van der Waals surface area contributed by atoms with Crippen molar-refractivity contribution < 1.29 is 14.5 Å². The van der Waals surface area contributed by atoms with Crippen LogP contribution in [0.25, 0.3) is 5.69 Å². The first-order chi connectivity index (χ1) is 14.0. The predicted molar refractivity (Wildman–Crippen MR) is 107 cm³/mol. The highest BCUT2D eigenvalue weighted by atomic mass is 35.5. The van der Waals surface area contributed by atoms with Crippen molar-refractivity contribution in [1.82, 2.24) is 9.55 Å². The monoisotopic (exact) mass is 410 g/mol. The van der Waals surface area contributed by atoms with E-state index < -0.39 is 10.9 Å². The molecule has 29 heavy (non-hydrogen) atoms. The van der Waals surface area contributed by atoms with Crippen molar-refractivity contribution in [2.24, 2.45) is 4.99 Å². The summed E-state index contributed by atoms with van der Waals surface area (Å²) in [5.41, 5.74) is 2.93. The number of carbonyl (C=O) groups is 1. The first-order valence-corrected chi connectivity index (χ1v) is 9.21. The molecule has 146 valence electrons. The van der Waals surface area contributed by atoms with E-state index in [2.05, 4.69) is 9.98 Å². The van der Waals surface area contributed by atoms with Crippen LogP contribution in [0.3, 0.4) is 0 Å². The number of halogens is 1. The van der Waals surface area contributed by atoms with Crippen molar-refractivity contribution in [1.29, 1.82) is 0 Å². The number of aromatic nitrogens is 2. The molecule has 2 heterocycles. The maximum atomic E-state index is 12.3. The number of ether oxygens (including phenoxy) is 1. The Morgan fingerprint density at radius 3 is 2.79 bits per heavy atom. The quantitative estimate of drug-likeness (QED) is 0.368. The Labute approximate surface area is 170 Å². The van der Waals surface area contributed by atoms with Gasteiger partial charge >= 0.3 is 5.97 Å². The third-order valence-corrected chi connectivity index (χ3v) is 4.89. The summed E-state index contributed by atoms with van der Waals surface area (Å²) in [6, 6.07) is 11.6. The van der Waals surface area contributed by atoms with Gasteiger partial charge in [-0.15, -0.1) is 0 Å². The number of nitrogens with zero attached hydrogens (tertiary/aromatic N) is 4. The van der Waals surface area contributed by atoms with E-state index >= 15 is 0 Å². The van der Waals surface area contributed by atoms with Gasteiger partial charge in [0, 0.05) is 28.3 Å². The number of carbonyl (C=O) groups excluding carboxylic acids is 1. The Balaban J connectivity index is 1.96. The number of imidazole rings is 1. The molecule has 0 spiro atoms. The maximum absolute atomic E-state index is 12.3. The lowest BCUT2D eigenvalue weighted by molar-refractivity contribution is -0.384. The van der Waals surface area contributed by atoms with Gasteiger partial charge in [-0.3, -0.25) is 19.7 Å². The molecule has 0 aliphatic carbocycles. The Morgan fingerprint density at radius 2 is 2.07 bits per heavy atom. The van der Waals surface area contributed by atoms with Gasteiger partial charge in [-0.25, -0.2) is 9.78 Å². The van der Waals surface area contributed by atoms with Crippen LogP contribution in [-0.4, -0.2) is 32.8 Å². The van der Waals surface area contributed by atoms with Crippen LogP contribution >= 0.6 is 11.6 Å². The number of hydrogen-bond acceptors (Lipinski definition) is 6. The second-order valence-corrected chi connectivity index (χ2v) is 6.64. The molecule has 0 saturated carbocycles.